The monoisotopic (exact) mass is 241 g/mol. The van der Waals surface area contributed by atoms with Gasteiger partial charge in [0.25, 0.3) is 0 Å². The summed E-state index contributed by atoms with van der Waals surface area (Å²) in [6.07, 6.45) is 1.81. The fourth-order valence-corrected chi connectivity index (χ4v) is 2.02. The molecule has 0 N–H and O–H groups in total. The van der Waals surface area contributed by atoms with Crippen molar-refractivity contribution in [1.82, 2.24) is 0 Å². The van der Waals surface area contributed by atoms with E-state index in [-0.39, 0.29) is 17.7 Å². The third kappa shape index (κ3) is 4.11. The zero-order valence-electron chi connectivity index (χ0n) is 11.2. The Bertz CT molecular complexity index is 280. The number of aliphatic imine (C=N–C) groups is 1. The topological polar surface area (TPSA) is 47.9 Å². The first kappa shape index (κ1) is 14.2. The van der Waals surface area contributed by atoms with Crippen LogP contribution >= 0.6 is 0 Å². The molecule has 0 radical (unpaired) electrons. The van der Waals surface area contributed by atoms with Crippen molar-refractivity contribution < 1.29 is 14.3 Å². The number of Topliss-reactive ketones (excluding diaryl/α,β-unsaturated/α-hetero) is 1. The zero-order chi connectivity index (χ0) is 12.8. The lowest BCUT2D eigenvalue weighted by molar-refractivity contribution is -0.125. The van der Waals surface area contributed by atoms with Crippen LogP contribution in [0.25, 0.3) is 0 Å². The van der Waals surface area contributed by atoms with E-state index in [1.807, 2.05) is 13.8 Å². The molecule has 1 saturated heterocycles. The predicted molar refractivity (Wildman–Crippen MR) is 67.3 cm³/mol. The molecule has 1 unspecified atom stereocenters. The zero-order valence-corrected chi connectivity index (χ0v) is 11.2. The van der Waals surface area contributed by atoms with Gasteiger partial charge in [0.1, 0.15) is 6.04 Å². The molecule has 1 rings (SSSR count). The number of ketones is 1. The number of ether oxygens (including phenoxy) is 2. The van der Waals surface area contributed by atoms with E-state index < -0.39 is 0 Å². The normalized spacial score (nSPS) is 20.4. The molecule has 0 bridgehead atoms. The molecule has 98 valence electrons. The van der Waals surface area contributed by atoms with Crippen LogP contribution in [0, 0.1) is 11.8 Å². The molecule has 17 heavy (non-hydrogen) atoms. The third-order valence-corrected chi connectivity index (χ3v) is 3.19. The number of rotatable bonds is 4. The quantitative estimate of drug-likeness (QED) is 0.559. The molecule has 0 aromatic heterocycles. The minimum Gasteiger partial charge on any atom is -0.484 e. The third-order valence-electron chi connectivity index (χ3n) is 3.19. The van der Waals surface area contributed by atoms with Crippen LogP contribution in [0.5, 0.6) is 0 Å². The van der Waals surface area contributed by atoms with Gasteiger partial charge < -0.3 is 9.47 Å². The van der Waals surface area contributed by atoms with Crippen LogP contribution in [0.3, 0.4) is 0 Å². The second kappa shape index (κ2) is 6.74. The predicted octanol–water partition coefficient (Wildman–Crippen LogP) is 2.07. The van der Waals surface area contributed by atoms with E-state index in [4.69, 9.17) is 9.47 Å². The summed E-state index contributed by atoms with van der Waals surface area (Å²) in [6.45, 7) is 7.10. The molecule has 4 nitrogen and oxygen atoms in total. The summed E-state index contributed by atoms with van der Waals surface area (Å²) in [6, 6.07) is -0.265. The summed E-state index contributed by atoms with van der Waals surface area (Å²) < 4.78 is 10.4. The highest BCUT2D eigenvalue weighted by molar-refractivity contribution is 5.88. The molecule has 0 saturated carbocycles. The Labute approximate surface area is 103 Å². The smallest absolute Gasteiger partial charge is 0.180 e. The molecule has 0 spiro atoms. The fourth-order valence-electron chi connectivity index (χ4n) is 2.02. The van der Waals surface area contributed by atoms with Gasteiger partial charge in [-0.3, -0.25) is 4.79 Å². The average Bonchev–Trinajstić information content (AvgIpc) is 2.35. The Morgan fingerprint density at radius 1 is 1.35 bits per heavy atom. The molecule has 1 aliphatic rings. The van der Waals surface area contributed by atoms with E-state index in [1.54, 1.807) is 14.0 Å². The van der Waals surface area contributed by atoms with E-state index in [2.05, 4.69) is 4.99 Å². The number of methoxy groups -OCH3 is 1. The molecule has 0 aliphatic carbocycles. The molecule has 0 amide bonds. The van der Waals surface area contributed by atoms with Crippen molar-refractivity contribution in [1.29, 1.82) is 0 Å². The van der Waals surface area contributed by atoms with Crippen LogP contribution in [0.15, 0.2) is 4.99 Å². The number of carbonyl (C=O) groups is 1. The Kier molecular flexibility index (Phi) is 5.62. The maximum atomic E-state index is 12.2. The van der Waals surface area contributed by atoms with E-state index in [0.717, 1.165) is 26.1 Å². The molecule has 4 heteroatoms. The highest BCUT2D eigenvalue weighted by Gasteiger charge is 2.31. The van der Waals surface area contributed by atoms with Gasteiger partial charge in [-0.05, 0) is 18.8 Å². The summed E-state index contributed by atoms with van der Waals surface area (Å²) in [5.41, 5.74) is 0. The summed E-state index contributed by atoms with van der Waals surface area (Å²) in [7, 11) is 1.58. The minimum absolute atomic E-state index is 0.0104. The summed E-state index contributed by atoms with van der Waals surface area (Å²) in [5, 5.41) is 0. The summed E-state index contributed by atoms with van der Waals surface area (Å²) in [4.78, 5) is 16.6. The van der Waals surface area contributed by atoms with Gasteiger partial charge in [-0.1, -0.05) is 13.8 Å². The van der Waals surface area contributed by atoms with Crippen molar-refractivity contribution in [3.8, 4) is 0 Å². The maximum Gasteiger partial charge on any atom is 0.180 e. The van der Waals surface area contributed by atoms with Crippen molar-refractivity contribution in [2.45, 2.75) is 39.7 Å². The maximum absolute atomic E-state index is 12.2. The lowest BCUT2D eigenvalue weighted by atomic mass is 9.86. The minimum atomic E-state index is -0.265. The number of nitrogens with zero attached hydrogens (tertiary/aromatic N) is 1. The largest absolute Gasteiger partial charge is 0.484 e. The molecule has 1 aliphatic heterocycles. The second-order valence-corrected chi connectivity index (χ2v) is 4.80. The molecule has 1 fully saturated rings. The van der Waals surface area contributed by atoms with Crippen LogP contribution in [-0.2, 0) is 14.3 Å². The van der Waals surface area contributed by atoms with Crippen molar-refractivity contribution in [2.24, 2.45) is 16.8 Å². The highest BCUT2D eigenvalue weighted by atomic mass is 16.5. The highest BCUT2D eigenvalue weighted by Crippen LogP contribution is 2.24. The molecule has 1 heterocycles. The number of hydrogen-bond acceptors (Lipinski definition) is 4. The Morgan fingerprint density at radius 2 is 1.94 bits per heavy atom. The number of hydrogen-bond donors (Lipinski definition) is 0. The van der Waals surface area contributed by atoms with Gasteiger partial charge in [0.15, 0.2) is 11.7 Å². The van der Waals surface area contributed by atoms with Crippen LogP contribution < -0.4 is 0 Å². The molecule has 1 atom stereocenters. The lowest BCUT2D eigenvalue weighted by Crippen LogP contribution is -2.35. The molecular formula is C13H23NO3. The first-order valence-corrected chi connectivity index (χ1v) is 6.26. The Balaban J connectivity index is 2.80. The van der Waals surface area contributed by atoms with Crippen LogP contribution in [0.1, 0.15) is 33.6 Å². The Hall–Kier alpha value is -0.900. The molecular weight excluding hydrogens is 218 g/mol. The van der Waals surface area contributed by atoms with Gasteiger partial charge in [0, 0.05) is 26.1 Å². The van der Waals surface area contributed by atoms with Gasteiger partial charge in [0.05, 0.1) is 7.11 Å². The van der Waals surface area contributed by atoms with E-state index >= 15 is 0 Å². The second-order valence-electron chi connectivity index (χ2n) is 4.80. The van der Waals surface area contributed by atoms with Gasteiger partial charge in [0.2, 0.25) is 0 Å². The van der Waals surface area contributed by atoms with Crippen LogP contribution in [0.2, 0.25) is 0 Å². The van der Waals surface area contributed by atoms with Gasteiger partial charge in [-0.15, -0.1) is 0 Å². The van der Waals surface area contributed by atoms with E-state index in [0.29, 0.717) is 11.8 Å². The van der Waals surface area contributed by atoms with Crippen LogP contribution in [-0.4, -0.2) is 38.0 Å². The van der Waals surface area contributed by atoms with Gasteiger partial charge in [-0.25, -0.2) is 4.99 Å². The molecule has 0 aromatic rings. The van der Waals surface area contributed by atoms with E-state index in [9.17, 15) is 4.79 Å². The fraction of sp³-hybridized carbons (Fsp3) is 0.846. The van der Waals surface area contributed by atoms with Crippen molar-refractivity contribution >= 4 is 11.7 Å². The van der Waals surface area contributed by atoms with Gasteiger partial charge in [-0.2, -0.15) is 0 Å². The number of carbonyl (C=O) groups excluding carboxylic acids is 1. The first-order valence-electron chi connectivity index (χ1n) is 6.26. The summed E-state index contributed by atoms with van der Waals surface area (Å²) >= 11 is 0. The SMILES string of the molecule is COC(C)=NC(C(=O)C(C)C)C1CCOCC1. The van der Waals surface area contributed by atoms with Crippen LogP contribution in [0.4, 0.5) is 0 Å². The van der Waals surface area contributed by atoms with E-state index in [1.165, 1.54) is 0 Å². The van der Waals surface area contributed by atoms with Crippen molar-refractivity contribution in [2.75, 3.05) is 20.3 Å². The first-order chi connectivity index (χ1) is 8.06. The van der Waals surface area contributed by atoms with Gasteiger partial charge >= 0.3 is 0 Å². The Morgan fingerprint density at radius 3 is 2.41 bits per heavy atom. The van der Waals surface area contributed by atoms with Crippen molar-refractivity contribution in [3.63, 3.8) is 0 Å². The average molecular weight is 241 g/mol. The molecule has 0 aromatic carbocycles. The lowest BCUT2D eigenvalue weighted by Gasteiger charge is -2.28. The summed E-state index contributed by atoms with van der Waals surface area (Å²) in [5.74, 6) is 1.09. The van der Waals surface area contributed by atoms with Crippen molar-refractivity contribution in [3.05, 3.63) is 0 Å². The standard InChI is InChI=1S/C13H23NO3/c1-9(2)13(15)12(14-10(3)16-4)11-5-7-17-8-6-11/h9,11-12H,5-8H2,1-4H3.